The molecule has 0 radical (unpaired) electrons. The summed E-state index contributed by atoms with van der Waals surface area (Å²) in [5.74, 6) is -0.281. The number of ether oxygens (including phenoxy) is 2. The fraction of sp³-hybridized carbons (Fsp3) is 0.353. The van der Waals surface area contributed by atoms with Gasteiger partial charge in [-0.25, -0.2) is 4.79 Å². The van der Waals surface area contributed by atoms with Crippen molar-refractivity contribution in [3.8, 4) is 11.8 Å². The highest BCUT2D eigenvalue weighted by atomic mass is 127. The van der Waals surface area contributed by atoms with Gasteiger partial charge < -0.3 is 14.8 Å². The number of carbonyl (C=O) groups is 2. The number of rotatable bonds is 7. The van der Waals surface area contributed by atoms with Crippen LogP contribution in [0.25, 0.3) is 6.08 Å². The van der Waals surface area contributed by atoms with Gasteiger partial charge in [-0.2, -0.15) is 5.26 Å². The number of nitrogens with zero attached hydrogens (tertiary/aromatic N) is 1. The average molecular weight is 568 g/mol. The molecule has 0 saturated heterocycles. The van der Waals surface area contributed by atoms with Crippen LogP contribution in [-0.4, -0.2) is 31.1 Å². The van der Waals surface area contributed by atoms with E-state index >= 15 is 0 Å². The summed E-state index contributed by atoms with van der Waals surface area (Å²) >= 11 is 4.16. The first-order valence-electron chi connectivity index (χ1n) is 7.48. The van der Waals surface area contributed by atoms with Crippen LogP contribution in [0.4, 0.5) is 0 Å². The number of hydrogen-bond donors (Lipinski definition) is 1. The number of benzene rings is 1. The number of nitriles is 1. The molecule has 1 aromatic rings. The summed E-state index contributed by atoms with van der Waals surface area (Å²) in [7, 11) is 0. The van der Waals surface area contributed by atoms with Gasteiger partial charge in [0.25, 0.3) is 5.91 Å². The van der Waals surface area contributed by atoms with Crippen molar-refractivity contribution in [2.24, 2.45) is 0 Å². The van der Waals surface area contributed by atoms with Crippen molar-refractivity contribution in [3.05, 3.63) is 30.4 Å². The van der Waals surface area contributed by atoms with E-state index in [-0.39, 0.29) is 18.2 Å². The second-order valence-electron chi connectivity index (χ2n) is 5.21. The van der Waals surface area contributed by atoms with Crippen LogP contribution >= 0.6 is 45.2 Å². The van der Waals surface area contributed by atoms with Gasteiger partial charge in [0.15, 0.2) is 6.61 Å². The molecule has 1 amide bonds. The number of halogens is 2. The summed E-state index contributed by atoms with van der Waals surface area (Å²) in [5, 5.41) is 11.9. The molecular formula is C17H18I2N2O4. The molecule has 1 N–H and O–H groups in total. The molecule has 0 aliphatic heterocycles. The monoisotopic (exact) mass is 568 g/mol. The van der Waals surface area contributed by atoms with Crippen LogP contribution in [0.3, 0.4) is 0 Å². The summed E-state index contributed by atoms with van der Waals surface area (Å²) in [4.78, 5) is 23.4. The minimum atomic E-state index is -0.435. The van der Waals surface area contributed by atoms with Crippen LogP contribution in [0.5, 0.6) is 5.75 Å². The minimum absolute atomic E-state index is 0.0282. The predicted molar refractivity (Wildman–Crippen MR) is 111 cm³/mol. The summed E-state index contributed by atoms with van der Waals surface area (Å²) in [6.07, 6.45) is 1.52. The molecule has 0 spiro atoms. The first-order valence-corrected chi connectivity index (χ1v) is 9.64. The van der Waals surface area contributed by atoms with Crippen LogP contribution in [0.1, 0.15) is 26.3 Å². The quantitative estimate of drug-likeness (QED) is 0.236. The highest BCUT2D eigenvalue weighted by Gasteiger charge is 2.14. The molecule has 0 heterocycles. The highest BCUT2D eigenvalue weighted by Crippen LogP contribution is 2.29. The Hall–Kier alpha value is -1.35. The average Bonchev–Trinajstić information content (AvgIpc) is 2.51. The van der Waals surface area contributed by atoms with E-state index in [0.717, 1.165) is 7.14 Å². The van der Waals surface area contributed by atoms with Gasteiger partial charge in [-0.15, -0.1) is 0 Å². The number of nitrogens with one attached hydrogen (secondary N) is 1. The van der Waals surface area contributed by atoms with E-state index in [1.165, 1.54) is 6.08 Å². The Morgan fingerprint density at radius 1 is 1.32 bits per heavy atom. The van der Waals surface area contributed by atoms with Gasteiger partial charge in [-0.3, -0.25) is 4.79 Å². The predicted octanol–water partition coefficient (Wildman–Crippen LogP) is 3.27. The van der Waals surface area contributed by atoms with Crippen molar-refractivity contribution >= 4 is 63.1 Å². The fourth-order valence-electron chi connectivity index (χ4n) is 1.79. The summed E-state index contributed by atoms with van der Waals surface area (Å²) < 4.78 is 11.9. The Morgan fingerprint density at radius 3 is 2.40 bits per heavy atom. The molecule has 8 heteroatoms. The molecule has 0 fully saturated rings. The maximum Gasteiger partial charge on any atom is 0.344 e. The van der Waals surface area contributed by atoms with Gasteiger partial charge in [-0.1, -0.05) is 0 Å². The number of amides is 1. The Balaban J connectivity index is 3.01. The van der Waals surface area contributed by atoms with Crippen LogP contribution < -0.4 is 10.1 Å². The van der Waals surface area contributed by atoms with Crippen molar-refractivity contribution in [1.29, 1.82) is 5.26 Å². The summed E-state index contributed by atoms with van der Waals surface area (Å²) in [6, 6.07) is 5.42. The lowest BCUT2D eigenvalue weighted by molar-refractivity contribution is -0.145. The topological polar surface area (TPSA) is 88.4 Å². The molecule has 0 aromatic heterocycles. The Labute approximate surface area is 174 Å². The van der Waals surface area contributed by atoms with Crippen molar-refractivity contribution in [2.75, 3.05) is 13.2 Å². The van der Waals surface area contributed by atoms with E-state index in [1.807, 2.05) is 19.9 Å². The van der Waals surface area contributed by atoms with E-state index in [2.05, 4.69) is 50.5 Å². The lowest BCUT2D eigenvalue weighted by Gasteiger charge is -2.11. The smallest absolute Gasteiger partial charge is 0.344 e. The van der Waals surface area contributed by atoms with E-state index in [0.29, 0.717) is 17.9 Å². The van der Waals surface area contributed by atoms with Gasteiger partial charge in [0.1, 0.15) is 17.4 Å². The maximum atomic E-state index is 12.0. The first-order chi connectivity index (χ1) is 11.8. The molecule has 0 atom stereocenters. The fourth-order valence-corrected chi connectivity index (χ4v) is 3.92. The summed E-state index contributed by atoms with van der Waals surface area (Å²) in [5.41, 5.74) is 0.730. The van der Waals surface area contributed by atoms with Gasteiger partial charge in [0.2, 0.25) is 0 Å². The zero-order chi connectivity index (χ0) is 19.0. The molecule has 1 rings (SSSR count). The third kappa shape index (κ3) is 7.19. The zero-order valence-electron chi connectivity index (χ0n) is 14.1. The van der Waals surface area contributed by atoms with Gasteiger partial charge in [0, 0.05) is 6.04 Å². The lowest BCUT2D eigenvalue weighted by atomic mass is 10.1. The van der Waals surface area contributed by atoms with Crippen molar-refractivity contribution in [3.63, 3.8) is 0 Å². The van der Waals surface area contributed by atoms with Crippen LogP contribution in [0.2, 0.25) is 0 Å². The molecular weight excluding hydrogens is 550 g/mol. The first kappa shape index (κ1) is 21.7. The maximum absolute atomic E-state index is 12.0. The third-order valence-corrected chi connectivity index (χ3v) is 4.36. The number of carbonyl (C=O) groups excluding carboxylic acids is 2. The van der Waals surface area contributed by atoms with Gasteiger partial charge in [0.05, 0.1) is 13.7 Å². The molecule has 0 aliphatic rings. The molecule has 0 unspecified atom stereocenters. The minimum Gasteiger partial charge on any atom is -0.480 e. The molecule has 1 aromatic carbocycles. The largest absolute Gasteiger partial charge is 0.480 e. The molecule has 25 heavy (non-hydrogen) atoms. The van der Waals surface area contributed by atoms with E-state index in [1.54, 1.807) is 19.1 Å². The van der Waals surface area contributed by atoms with Crippen LogP contribution in [0, 0.1) is 18.5 Å². The van der Waals surface area contributed by atoms with Crippen molar-refractivity contribution < 1.29 is 19.1 Å². The number of esters is 1. The summed E-state index contributed by atoms with van der Waals surface area (Å²) in [6.45, 7) is 5.52. The Morgan fingerprint density at radius 2 is 1.92 bits per heavy atom. The molecule has 0 saturated carbocycles. The standard InChI is InChI=1S/C17H18I2N2O4/c1-4-24-15(22)9-25-16-13(18)6-11(7-14(16)19)5-12(8-20)17(23)21-10(2)3/h5-7,10H,4,9H2,1-3H3,(H,21,23)/b12-5-. The molecule has 134 valence electrons. The van der Waals surface area contributed by atoms with Gasteiger partial charge >= 0.3 is 5.97 Å². The van der Waals surface area contributed by atoms with Crippen LogP contribution in [-0.2, 0) is 14.3 Å². The highest BCUT2D eigenvalue weighted by molar-refractivity contribution is 14.1. The number of hydrogen-bond acceptors (Lipinski definition) is 5. The molecule has 6 nitrogen and oxygen atoms in total. The molecule has 0 aliphatic carbocycles. The van der Waals surface area contributed by atoms with Crippen LogP contribution in [0.15, 0.2) is 17.7 Å². The second-order valence-corrected chi connectivity index (χ2v) is 7.53. The van der Waals surface area contributed by atoms with Gasteiger partial charge in [-0.05, 0) is 89.7 Å². The third-order valence-electron chi connectivity index (χ3n) is 2.76. The Kier molecular flexibility index (Phi) is 9.20. The normalized spacial score (nSPS) is 11.0. The zero-order valence-corrected chi connectivity index (χ0v) is 18.4. The van der Waals surface area contributed by atoms with Crippen molar-refractivity contribution in [2.45, 2.75) is 26.8 Å². The van der Waals surface area contributed by atoms with E-state index in [9.17, 15) is 14.9 Å². The van der Waals surface area contributed by atoms with E-state index in [4.69, 9.17) is 9.47 Å². The Bertz CT molecular complexity index is 701. The SMILES string of the molecule is CCOC(=O)COc1c(I)cc(/C=C(/C#N)C(=O)NC(C)C)cc1I. The lowest BCUT2D eigenvalue weighted by Crippen LogP contribution is -2.30. The second kappa shape index (κ2) is 10.6. The van der Waals surface area contributed by atoms with E-state index < -0.39 is 11.9 Å². The van der Waals surface area contributed by atoms with Crippen molar-refractivity contribution in [1.82, 2.24) is 5.32 Å². The molecule has 0 bridgehead atoms.